The van der Waals surface area contributed by atoms with Gasteiger partial charge < -0.3 is 10.1 Å². The van der Waals surface area contributed by atoms with Crippen molar-refractivity contribution < 1.29 is 9.53 Å². The molecule has 0 aliphatic rings. The predicted molar refractivity (Wildman–Crippen MR) is 121 cm³/mol. The first kappa shape index (κ1) is 21.6. The molecule has 6 nitrogen and oxygen atoms in total. The molecule has 1 N–H and O–H groups in total. The van der Waals surface area contributed by atoms with Gasteiger partial charge in [0.1, 0.15) is 5.75 Å². The molecule has 1 aromatic heterocycles. The largest absolute Gasteiger partial charge is 0.483 e. The molecule has 30 heavy (non-hydrogen) atoms. The minimum absolute atomic E-state index is 0.0969. The molecule has 0 aliphatic carbocycles. The molecule has 7 heteroatoms. The number of rotatable bonds is 9. The maximum absolute atomic E-state index is 12.3. The Bertz CT molecular complexity index is 1020. The van der Waals surface area contributed by atoms with Crippen molar-refractivity contribution in [3.8, 4) is 5.75 Å². The Kier molecular flexibility index (Phi) is 7.30. The zero-order valence-corrected chi connectivity index (χ0v) is 18.3. The van der Waals surface area contributed by atoms with E-state index < -0.39 is 0 Å². The van der Waals surface area contributed by atoms with E-state index >= 15 is 0 Å². The SMILES string of the molecule is C=CCn1c(SCC(=O)Nc2ccccc2)nnc1C(C)Oc1ccc(C)c(C)c1. The van der Waals surface area contributed by atoms with Gasteiger partial charge in [-0.05, 0) is 56.2 Å². The number of aromatic nitrogens is 3. The lowest BCUT2D eigenvalue weighted by Crippen LogP contribution is -2.15. The van der Waals surface area contributed by atoms with Crippen molar-refractivity contribution in [2.75, 3.05) is 11.1 Å². The van der Waals surface area contributed by atoms with E-state index in [0.29, 0.717) is 17.5 Å². The lowest BCUT2D eigenvalue weighted by Gasteiger charge is -2.16. The molecule has 3 rings (SSSR count). The Morgan fingerprint density at radius 3 is 2.67 bits per heavy atom. The van der Waals surface area contributed by atoms with Crippen molar-refractivity contribution >= 4 is 23.4 Å². The third-order valence-corrected chi connectivity index (χ3v) is 5.57. The first-order valence-corrected chi connectivity index (χ1v) is 10.7. The Labute approximate surface area is 181 Å². The van der Waals surface area contributed by atoms with E-state index in [0.717, 1.165) is 11.4 Å². The van der Waals surface area contributed by atoms with Crippen molar-refractivity contribution in [2.24, 2.45) is 0 Å². The van der Waals surface area contributed by atoms with E-state index in [1.54, 1.807) is 6.08 Å². The number of hydrogen-bond acceptors (Lipinski definition) is 5. The van der Waals surface area contributed by atoms with Crippen LogP contribution in [0, 0.1) is 13.8 Å². The van der Waals surface area contributed by atoms with Crippen LogP contribution in [-0.4, -0.2) is 26.4 Å². The summed E-state index contributed by atoms with van der Waals surface area (Å²) in [5.41, 5.74) is 3.16. The van der Waals surface area contributed by atoms with E-state index in [4.69, 9.17) is 4.74 Å². The summed E-state index contributed by atoms with van der Waals surface area (Å²) in [6, 6.07) is 15.4. The predicted octanol–water partition coefficient (Wildman–Crippen LogP) is 4.95. The fourth-order valence-electron chi connectivity index (χ4n) is 2.90. The molecule has 0 fully saturated rings. The second kappa shape index (κ2) is 10.1. The van der Waals surface area contributed by atoms with Crippen LogP contribution in [0.5, 0.6) is 5.75 Å². The van der Waals surface area contributed by atoms with Gasteiger partial charge in [0.05, 0.1) is 5.75 Å². The first-order chi connectivity index (χ1) is 14.5. The van der Waals surface area contributed by atoms with Crippen LogP contribution in [-0.2, 0) is 11.3 Å². The normalized spacial score (nSPS) is 11.7. The first-order valence-electron chi connectivity index (χ1n) is 9.73. The molecule has 3 aromatic rings. The fraction of sp³-hybridized carbons (Fsp3) is 0.261. The number of carbonyl (C=O) groups excluding carboxylic acids is 1. The van der Waals surface area contributed by atoms with Crippen molar-refractivity contribution in [3.63, 3.8) is 0 Å². The lowest BCUT2D eigenvalue weighted by molar-refractivity contribution is -0.113. The number of aryl methyl sites for hydroxylation is 2. The number of ether oxygens (including phenoxy) is 1. The maximum atomic E-state index is 12.3. The van der Waals surface area contributed by atoms with Crippen LogP contribution in [0.15, 0.2) is 66.3 Å². The molecule has 0 aliphatic heterocycles. The number of allylic oxidation sites excluding steroid dienone is 1. The van der Waals surface area contributed by atoms with E-state index in [2.05, 4.69) is 35.9 Å². The third kappa shape index (κ3) is 5.51. The number of thioether (sulfide) groups is 1. The molecule has 0 radical (unpaired) electrons. The van der Waals surface area contributed by atoms with Gasteiger partial charge in [-0.25, -0.2) is 0 Å². The zero-order chi connectivity index (χ0) is 21.5. The van der Waals surface area contributed by atoms with Gasteiger partial charge in [-0.1, -0.05) is 42.1 Å². The summed E-state index contributed by atoms with van der Waals surface area (Å²) >= 11 is 1.34. The molecular weight excluding hydrogens is 396 g/mol. The van der Waals surface area contributed by atoms with E-state index in [-0.39, 0.29) is 17.8 Å². The number of carbonyl (C=O) groups is 1. The van der Waals surface area contributed by atoms with Gasteiger partial charge in [0, 0.05) is 12.2 Å². The smallest absolute Gasteiger partial charge is 0.234 e. The molecule has 1 unspecified atom stereocenters. The highest BCUT2D eigenvalue weighted by Gasteiger charge is 2.20. The number of benzene rings is 2. The molecule has 156 valence electrons. The zero-order valence-electron chi connectivity index (χ0n) is 17.5. The number of para-hydroxylation sites is 1. The van der Waals surface area contributed by atoms with Crippen LogP contribution in [0.4, 0.5) is 5.69 Å². The van der Waals surface area contributed by atoms with Gasteiger partial charge in [-0.3, -0.25) is 9.36 Å². The second-order valence-electron chi connectivity index (χ2n) is 6.95. The fourth-order valence-corrected chi connectivity index (χ4v) is 3.66. The standard InChI is InChI=1S/C23H26N4O2S/c1-5-13-27-22(18(4)29-20-12-11-16(2)17(3)14-20)25-26-23(27)30-15-21(28)24-19-9-7-6-8-10-19/h5-12,14,18H,1,13,15H2,2-4H3,(H,24,28). The maximum Gasteiger partial charge on any atom is 0.234 e. The molecular formula is C23H26N4O2S. The third-order valence-electron chi connectivity index (χ3n) is 4.60. The van der Waals surface area contributed by atoms with Gasteiger partial charge in [0.25, 0.3) is 0 Å². The van der Waals surface area contributed by atoms with E-state index in [1.165, 1.54) is 22.9 Å². The van der Waals surface area contributed by atoms with E-state index in [9.17, 15) is 4.79 Å². The second-order valence-corrected chi connectivity index (χ2v) is 7.89. The van der Waals surface area contributed by atoms with Crippen LogP contribution in [0.2, 0.25) is 0 Å². The van der Waals surface area contributed by atoms with Crippen LogP contribution in [0.25, 0.3) is 0 Å². The number of hydrogen-bond donors (Lipinski definition) is 1. The van der Waals surface area contributed by atoms with E-state index in [1.807, 2.05) is 60.0 Å². The van der Waals surface area contributed by atoms with Gasteiger partial charge in [-0.2, -0.15) is 0 Å². The summed E-state index contributed by atoms with van der Waals surface area (Å²) in [6.07, 6.45) is 1.48. The lowest BCUT2D eigenvalue weighted by atomic mass is 10.1. The summed E-state index contributed by atoms with van der Waals surface area (Å²) in [6.45, 7) is 10.4. The monoisotopic (exact) mass is 422 g/mol. The summed E-state index contributed by atoms with van der Waals surface area (Å²) < 4.78 is 8.02. The molecule has 0 bridgehead atoms. The average molecular weight is 423 g/mol. The van der Waals surface area contributed by atoms with Crippen molar-refractivity contribution in [3.05, 3.63) is 78.1 Å². The molecule has 0 saturated carbocycles. The molecule has 1 amide bonds. The number of nitrogens with one attached hydrogen (secondary N) is 1. The van der Waals surface area contributed by atoms with Crippen LogP contribution in [0.3, 0.4) is 0 Å². The van der Waals surface area contributed by atoms with Crippen LogP contribution >= 0.6 is 11.8 Å². The molecule has 0 saturated heterocycles. The van der Waals surface area contributed by atoms with Crippen LogP contribution in [0.1, 0.15) is 30.0 Å². The summed E-state index contributed by atoms with van der Waals surface area (Å²) in [5, 5.41) is 12.1. The molecule has 1 atom stereocenters. The van der Waals surface area contributed by atoms with Crippen molar-refractivity contribution in [2.45, 2.75) is 38.6 Å². The van der Waals surface area contributed by atoms with Gasteiger partial charge in [-0.15, -0.1) is 16.8 Å². The average Bonchev–Trinajstić information content (AvgIpc) is 3.13. The van der Waals surface area contributed by atoms with Crippen LogP contribution < -0.4 is 10.1 Å². The van der Waals surface area contributed by atoms with Crippen molar-refractivity contribution in [1.82, 2.24) is 14.8 Å². The highest BCUT2D eigenvalue weighted by atomic mass is 32.2. The van der Waals surface area contributed by atoms with Gasteiger partial charge in [0.15, 0.2) is 17.1 Å². The summed E-state index contributed by atoms with van der Waals surface area (Å²) in [7, 11) is 0. The molecule has 1 heterocycles. The highest BCUT2D eigenvalue weighted by Crippen LogP contribution is 2.26. The minimum atomic E-state index is -0.299. The Morgan fingerprint density at radius 2 is 1.97 bits per heavy atom. The summed E-state index contributed by atoms with van der Waals surface area (Å²) in [5.74, 6) is 1.62. The number of anilines is 1. The quantitative estimate of drug-likeness (QED) is 0.390. The van der Waals surface area contributed by atoms with Gasteiger partial charge >= 0.3 is 0 Å². The number of amides is 1. The topological polar surface area (TPSA) is 69.0 Å². The Balaban J connectivity index is 1.68. The number of nitrogens with zero attached hydrogens (tertiary/aromatic N) is 3. The highest BCUT2D eigenvalue weighted by molar-refractivity contribution is 7.99. The Morgan fingerprint density at radius 1 is 1.20 bits per heavy atom. The van der Waals surface area contributed by atoms with Crippen molar-refractivity contribution in [1.29, 1.82) is 0 Å². The molecule has 2 aromatic carbocycles. The minimum Gasteiger partial charge on any atom is -0.483 e. The van der Waals surface area contributed by atoms with Gasteiger partial charge in [0.2, 0.25) is 5.91 Å². The summed E-state index contributed by atoms with van der Waals surface area (Å²) in [4.78, 5) is 12.3. The molecule has 0 spiro atoms. The Hall–Kier alpha value is -3.06.